The molecule has 0 spiro atoms. The van der Waals surface area contributed by atoms with Gasteiger partial charge in [0.05, 0.1) is 23.6 Å². The highest BCUT2D eigenvalue weighted by molar-refractivity contribution is 5.97. The predicted octanol–water partition coefficient (Wildman–Crippen LogP) is 2.01. The molecule has 0 aliphatic rings. The molecule has 11 heteroatoms. The Labute approximate surface area is 192 Å². The minimum absolute atomic E-state index is 0.0562. The average Bonchev–Trinajstić information content (AvgIpc) is 2.84. The Morgan fingerprint density at radius 1 is 0.647 bits per heavy atom. The molecule has 0 bridgehead atoms. The van der Waals surface area contributed by atoms with Crippen molar-refractivity contribution in [1.29, 1.82) is 0 Å². The Hall–Kier alpha value is -5.19. The van der Waals surface area contributed by atoms with Crippen molar-refractivity contribution < 1.29 is 29.4 Å². The fourth-order valence-electron chi connectivity index (χ4n) is 2.56. The third kappa shape index (κ3) is 6.40. The zero-order valence-electron chi connectivity index (χ0n) is 17.4. The molecule has 4 N–H and O–H groups in total. The number of pyridine rings is 1. The number of carboxylic acids is 2. The summed E-state index contributed by atoms with van der Waals surface area (Å²) in [6, 6.07) is 16.0. The zero-order valence-corrected chi connectivity index (χ0v) is 17.4. The van der Waals surface area contributed by atoms with Crippen LogP contribution in [0.5, 0.6) is 0 Å². The van der Waals surface area contributed by atoms with E-state index in [1.54, 1.807) is 0 Å². The summed E-state index contributed by atoms with van der Waals surface area (Å²) in [4.78, 5) is 50.2. The number of nitrogens with one attached hydrogen (secondary N) is 2. The molecule has 2 aromatic carbocycles. The highest BCUT2D eigenvalue weighted by atomic mass is 16.4. The Balaban J connectivity index is 1.57. The number of aromatic carboxylic acids is 2. The fourth-order valence-corrected chi connectivity index (χ4v) is 2.56. The van der Waals surface area contributed by atoms with Crippen molar-refractivity contribution in [2.24, 2.45) is 10.2 Å². The van der Waals surface area contributed by atoms with Gasteiger partial charge < -0.3 is 10.2 Å². The number of amides is 2. The van der Waals surface area contributed by atoms with Crippen LogP contribution in [0, 0.1) is 0 Å². The van der Waals surface area contributed by atoms with Gasteiger partial charge in [-0.25, -0.2) is 25.4 Å². The molecule has 0 aliphatic heterocycles. The Bertz CT molecular complexity index is 1190. The molecule has 170 valence electrons. The molecule has 2 amide bonds. The lowest BCUT2D eigenvalue weighted by Crippen LogP contribution is -2.23. The third-order valence-corrected chi connectivity index (χ3v) is 4.29. The topological polar surface area (TPSA) is 170 Å². The van der Waals surface area contributed by atoms with Gasteiger partial charge >= 0.3 is 11.9 Å². The summed E-state index contributed by atoms with van der Waals surface area (Å²) >= 11 is 0. The van der Waals surface area contributed by atoms with Gasteiger partial charge in [-0.3, -0.25) is 9.59 Å². The van der Waals surface area contributed by atoms with Crippen LogP contribution in [0.25, 0.3) is 0 Å². The first-order valence-electron chi connectivity index (χ1n) is 9.64. The highest BCUT2D eigenvalue weighted by Crippen LogP contribution is 2.04. The normalized spacial score (nSPS) is 10.8. The van der Waals surface area contributed by atoms with Crippen molar-refractivity contribution in [2.75, 3.05) is 0 Å². The molecule has 0 radical (unpaired) electrons. The Kier molecular flexibility index (Phi) is 7.53. The van der Waals surface area contributed by atoms with Crippen LogP contribution in [0.4, 0.5) is 0 Å². The van der Waals surface area contributed by atoms with Crippen LogP contribution in [0.15, 0.2) is 76.9 Å². The lowest BCUT2D eigenvalue weighted by atomic mass is 10.1. The molecule has 3 rings (SSSR count). The van der Waals surface area contributed by atoms with Crippen LogP contribution in [-0.2, 0) is 0 Å². The molecule has 11 nitrogen and oxygen atoms in total. The van der Waals surface area contributed by atoms with Crippen molar-refractivity contribution in [1.82, 2.24) is 15.8 Å². The van der Waals surface area contributed by atoms with Crippen LogP contribution in [-0.4, -0.2) is 51.4 Å². The van der Waals surface area contributed by atoms with Crippen molar-refractivity contribution in [2.45, 2.75) is 0 Å². The first kappa shape index (κ1) is 23.5. The third-order valence-electron chi connectivity index (χ3n) is 4.29. The largest absolute Gasteiger partial charge is 0.478 e. The van der Waals surface area contributed by atoms with Crippen molar-refractivity contribution in [3.8, 4) is 0 Å². The summed E-state index contributed by atoms with van der Waals surface area (Å²) in [5.41, 5.74) is 5.83. The smallest absolute Gasteiger partial charge is 0.335 e. The molecule has 0 saturated heterocycles. The fraction of sp³-hybridized carbons (Fsp3) is 0. The van der Waals surface area contributed by atoms with Crippen LogP contribution in [0.1, 0.15) is 52.8 Å². The van der Waals surface area contributed by atoms with Crippen molar-refractivity contribution in [3.63, 3.8) is 0 Å². The minimum atomic E-state index is -1.05. The summed E-state index contributed by atoms with van der Waals surface area (Å²) in [6.45, 7) is 0. The molecule has 0 fully saturated rings. The second-order valence-electron chi connectivity index (χ2n) is 6.66. The van der Waals surface area contributed by atoms with E-state index in [4.69, 9.17) is 10.2 Å². The summed E-state index contributed by atoms with van der Waals surface area (Å²) in [5, 5.41) is 25.4. The molecular weight excluding hydrogens is 442 g/mol. The lowest BCUT2D eigenvalue weighted by Gasteiger charge is -2.03. The quantitative estimate of drug-likeness (QED) is 0.295. The number of aromatic nitrogens is 1. The van der Waals surface area contributed by atoms with Gasteiger partial charge in [-0.05, 0) is 47.5 Å². The van der Waals surface area contributed by atoms with Gasteiger partial charge in [-0.15, -0.1) is 0 Å². The van der Waals surface area contributed by atoms with E-state index in [-0.39, 0.29) is 22.5 Å². The molecule has 1 heterocycles. The molecule has 1 aromatic heterocycles. The van der Waals surface area contributed by atoms with Gasteiger partial charge in [-0.2, -0.15) is 10.2 Å². The van der Waals surface area contributed by atoms with E-state index in [0.29, 0.717) is 11.1 Å². The number of hydrazone groups is 2. The maximum atomic E-state index is 12.3. The summed E-state index contributed by atoms with van der Waals surface area (Å²) in [6.07, 6.45) is 2.66. The zero-order chi connectivity index (χ0) is 24.5. The van der Waals surface area contributed by atoms with E-state index in [1.165, 1.54) is 79.2 Å². The van der Waals surface area contributed by atoms with E-state index in [2.05, 4.69) is 26.0 Å². The van der Waals surface area contributed by atoms with Gasteiger partial charge in [-0.1, -0.05) is 30.3 Å². The monoisotopic (exact) mass is 459 g/mol. The van der Waals surface area contributed by atoms with Crippen LogP contribution >= 0.6 is 0 Å². The number of rotatable bonds is 8. The van der Waals surface area contributed by atoms with E-state index in [0.717, 1.165) is 0 Å². The van der Waals surface area contributed by atoms with E-state index >= 15 is 0 Å². The Morgan fingerprint density at radius 3 is 1.38 bits per heavy atom. The summed E-state index contributed by atoms with van der Waals surface area (Å²) < 4.78 is 0. The number of hydrogen-bond acceptors (Lipinski definition) is 7. The molecule has 0 unspecified atom stereocenters. The van der Waals surface area contributed by atoms with Gasteiger partial charge in [0.2, 0.25) is 0 Å². The first-order chi connectivity index (χ1) is 16.3. The predicted molar refractivity (Wildman–Crippen MR) is 121 cm³/mol. The van der Waals surface area contributed by atoms with Crippen molar-refractivity contribution >= 4 is 36.2 Å². The molecule has 0 aliphatic carbocycles. The Morgan fingerprint density at radius 2 is 1.03 bits per heavy atom. The highest BCUT2D eigenvalue weighted by Gasteiger charge is 2.11. The second kappa shape index (κ2) is 10.9. The maximum absolute atomic E-state index is 12.3. The first-order valence-corrected chi connectivity index (χ1v) is 9.64. The molecule has 3 aromatic rings. The minimum Gasteiger partial charge on any atom is -0.478 e. The van der Waals surface area contributed by atoms with Gasteiger partial charge in [0.1, 0.15) is 11.4 Å². The van der Waals surface area contributed by atoms with E-state index < -0.39 is 23.8 Å². The van der Waals surface area contributed by atoms with Crippen LogP contribution in [0.2, 0.25) is 0 Å². The second-order valence-corrected chi connectivity index (χ2v) is 6.66. The SMILES string of the molecule is O=C(O)c1ccc(/C=N/NC(=O)c2cccc(C(=O)N/N=C/c3ccc(C(=O)O)cc3)n2)cc1. The number of carboxylic acid groups (broad SMARTS) is 2. The molecule has 34 heavy (non-hydrogen) atoms. The van der Waals surface area contributed by atoms with Gasteiger partial charge in [0.25, 0.3) is 11.8 Å². The molecular formula is C23H17N5O6. The standard InChI is InChI=1S/C23H17N5O6/c29-20(27-24-12-14-4-8-16(9-5-14)22(31)32)18-2-1-3-19(26-18)21(30)28-25-13-15-6-10-17(11-7-15)23(33)34/h1-13H,(H,27,29)(H,28,30)(H,31,32)(H,33,34)/b24-12+,25-13+. The number of carbonyl (C=O) groups is 4. The lowest BCUT2D eigenvalue weighted by molar-refractivity contribution is 0.0686. The van der Waals surface area contributed by atoms with Crippen LogP contribution < -0.4 is 10.9 Å². The maximum Gasteiger partial charge on any atom is 0.335 e. The summed E-state index contributed by atoms with van der Waals surface area (Å²) in [7, 11) is 0. The van der Waals surface area contributed by atoms with Crippen molar-refractivity contribution in [3.05, 3.63) is 100 Å². The van der Waals surface area contributed by atoms with E-state index in [1.807, 2.05) is 0 Å². The van der Waals surface area contributed by atoms with Crippen LogP contribution in [0.3, 0.4) is 0 Å². The van der Waals surface area contributed by atoms with Gasteiger partial charge in [0, 0.05) is 0 Å². The van der Waals surface area contributed by atoms with E-state index in [9.17, 15) is 19.2 Å². The molecule has 0 saturated carbocycles. The molecule has 0 atom stereocenters. The summed E-state index contributed by atoms with van der Waals surface area (Å²) in [5.74, 6) is -3.41. The average molecular weight is 459 g/mol. The number of benzene rings is 2. The van der Waals surface area contributed by atoms with Gasteiger partial charge in [0.15, 0.2) is 0 Å². The number of hydrogen-bond donors (Lipinski definition) is 4. The number of nitrogens with zero attached hydrogens (tertiary/aromatic N) is 3. The number of carbonyl (C=O) groups excluding carboxylic acids is 2.